The van der Waals surface area contributed by atoms with Gasteiger partial charge in [0.25, 0.3) is 0 Å². The van der Waals surface area contributed by atoms with Crippen molar-refractivity contribution in [2.45, 2.75) is 26.3 Å². The van der Waals surface area contributed by atoms with E-state index in [2.05, 4.69) is 10.6 Å². The summed E-state index contributed by atoms with van der Waals surface area (Å²) in [6.07, 6.45) is 0.102. The highest BCUT2D eigenvalue weighted by molar-refractivity contribution is 6.02. The van der Waals surface area contributed by atoms with Crippen LogP contribution in [-0.2, 0) is 14.4 Å². The van der Waals surface area contributed by atoms with Crippen LogP contribution in [0, 0.1) is 5.92 Å². The molecule has 2 atom stereocenters. The third kappa shape index (κ3) is 5.53. The van der Waals surface area contributed by atoms with Crippen molar-refractivity contribution in [2.24, 2.45) is 5.92 Å². The molecule has 1 heterocycles. The number of hydrogen-bond donors (Lipinski definition) is 2. The van der Waals surface area contributed by atoms with E-state index >= 15 is 0 Å². The molecule has 1 aliphatic rings. The molecule has 1 aliphatic heterocycles. The molecule has 1 fully saturated rings. The molecule has 0 aliphatic carbocycles. The van der Waals surface area contributed by atoms with Crippen molar-refractivity contribution in [3.05, 3.63) is 48.5 Å². The Bertz CT molecular complexity index is 927. The summed E-state index contributed by atoms with van der Waals surface area (Å²) in [6, 6.07) is 13.4. The van der Waals surface area contributed by atoms with Gasteiger partial charge >= 0.3 is 0 Å². The van der Waals surface area contributed by atoms with Gasteiger partial charge in [0.2, 0.25) is 17.7 Å². The van der Waals surface area contributed by atoms with E-state index in [9.17, 15) is 14.4 Å². The van der Waals surface area contributed by atoms with Gasteiger partial charge in [-0.3, -0.25) is 14.4 Å². The molecule has 3 rings (SSSR count). The van der Waals surface area contributed by atoms with Gasteiger partial charge in [0, 0.05) is 24.3 Å². The Morgan fingerprint density at radius 2 is 1.74 bits per heavy atom. The maximum Gasteiger partial charge on any atom is 0.246 e. The number of amides is 3. The molecule has 1 saturated heterocycles. The number of rotatable bonds is 8. The number of nitrogens with one attached hydrogen (secondary N) is 2. The normalized spacial score (nSPS) is 16.5. The van der Waals surface area contributed by atoms with Gasteiger partial charge in [-0.25, -0.2) is 0 Å². The van der Waals surface area contributed by atoms with E-state index in [4.69, 9.17) is 9.47 Å². The van der Waals surface area contributed by atoms with Gasteiger partial charge in [-0.05, 0) is 62.4 Å². The molecule has 2 N–H and O–H groups in total. The fourth-order valence-electron chi connectivity index (χ4n) is 3.34. The van der Waals surface area contributed by atoms with Crippen LogP contribution in [0.15, 0.2) is 48.5 Å². The van der Waals surface area contributed by atoms with Gasteiger partial charge in [0.05, 0.1) is 19.6 Å². The number of carbonyl (C=O) groups is 3. The Hall–Kier alpha value is -3.55. The summed E-state index contributed by atoms with van der Waals surface area (Å²) in [4.78, 5) is 39.1. The molecular weight excluding hydrogens is 398 g/mol. The van der Waals surface area contributed by atoms with Gasteiger partial charge in [-0.2, -0.15) is 0 Å². The van der Waals surface area contributed by atoms with Gasteiger partial charge in [0.1, 0.15) is 17.5 Å². The van der Waals surface area contributed by atoms with E-state index in [-0.39, 0.29) is 30.7 Å². The van der Waals surface area contributed by atoms with Crippen LogP contribution >= 0.6 is 0 Å². The third-order valence-electron chi connectivity index (χ3n) is 5.06. The van der Waals surface area contributed by atoms with E-state index in [0.717, 1.165) is 0 Å². The highest BCUT2D eigenvalue weighted by atomic mass is 16.5. The third-order valence-corrected chi connectivity index (χ3v) is 5.06. The zero-order valence-corrected chi connectivity index (χ0v) is 17.9. The Labute approximate surface area is 181 Å². The maximum atomic E-state index is 12.6. The van der Waals surface area contributed by atoms with Crippen LogP contribution in [0.1, 0.15) is 20.3 Å². The Morgan fingerprint density at radius 3 is 2.35 bits per heavy atom. The van der Waals surface area contributed by atoms with E-state index < -0.39 is 12.0 Å². The minimum atomic E-state index is -0.746. The molecule has 0 saturated carbocycles. The standard InChI is InChI=1S/C23H27N3O5/c1-4-31-20-9-5-17(6-10-20)25-22(28)15(2)24-23(29)16-13-21(27)26(14-16)18-7-11-19(30-3)12-8-18/h5-12,15-16H,4,13-14H2,1-3H3,(H,24,29)(H,25,28)/t15-,16-/m0/s1. The largest absolute Gasteiger partial charge is 0.497 e. The van der Waals surface area contributed by atoms with Crippen molar-refractivity contribution in [2.75, 3.05) is 30.5 Å². The molecule has 8 heteroatoms. The number of nitrogens with zero attached hydrogens (tertiary/aromatic N) is 1. The van der Waals surface area contributed by atoms with Crippen LogP contribution in [0.2, 0.25) is 0 Å². The molecule has 31 heavy (non-hydrogen) atoms. The van der Waals surface area contributed by atoms with Gasteiger partial charge in [-0.1, -0.05) is 0 Å². The summed E-state index contributed by atoms with van der Waals surface area (Å²) in [5, 5.41) is 5.47. The lowest BCUT2D eigenvalue weighted by molar-refractivity contribution is -0.129. The van der Waals surface area contributed by atoms with Crippen molar-refractivity contribution >= 4 is 29.1 Å². The number of carbonyl (C=O) groups excluding carboxylic acids is 3. The fourth-order valence-corrected chi connectivity index (χ4v) is 3.34. The predicted octanol–water partition coefficient (Wildman–Crippen LogP) is 2.59. The highest BCUT2D eigenvalue weighted by Gasteiger charge is 2.36. The van der Waals surface area contributed by atoms with Crippen molar-refractivity contribution in [1.82, 2.24) is 5.32 Å². The number of methoxy groups -OCH3 is 1. The van der Waals surface area contributed by atoms with Crippen LogP contribution in [0.25, 0.3) is 0 Å². The second kappa shape index (κ2) is 9.97. The van der Waals surface area contributed by atoms with E-state index in [1.54, 1.807) is 67.5 Å². The molecule has 3 amide bonds. The molecule has 0 radical (unpaired) electrons. The zero-order chi connectivity index (χ0) is 22.4. The fraction of sp³-hybridized carbons (Fsp3) is 0.348. The average Bonchev–Trinajstić information content (AvgIpc) is 3.17. The lowest BCUT2D eigenvalue weighted by atomic mass is 10.1. The van der Waals surface area contributed by atoms with Crippen LogP contribution < -0.4 is 25.0 Å². The number of benzene rings is 2. The van der Waals surface area contributed by atoms with Crippen LogP contribution in [-0.4, -0.2) is 44.0 Å². The molecular formula is C23H27N3O5. The second-order valence-corrected chi connectivity index (χ2v) is 7.28. The smallest absolute Gasteiger partial charge is 0.246 e. The summed E-state index contributed by atoms with van der Waals surface area (Å²) >= 11 is 0. The van der Waals surface area contributed by atoms with Crippen LogP contribution in [0.5, 0.6) is 11.5 Å². The molecule has 0 unspecified atom stereocenters. The predicted molar refractivity (Wildman–Crippen MR) is 117 cm³/mol. The number of anilines is 2. The SMILES string of the molecule is CCOc1ccc(NC(=O)[C@H](C)NC(=O)[C@H]2CC(=O)N(c3ccc(OC)cc3)C2)cc1. The maximum absolute atomic E-state index is 12.6. The Balaban J connectivity index is 1.54. The monoisotopic (exact) mass is 425 g/mol. The second-order valence-electron chi connectivity index (χ2n) is 7.28. The van der Waals surface area contributed by atoms with Gasteiger partial charge in [-0.15, -0.1) is 0 Å². The lowest BCUT2D eigenvalue weighted by Gasteiger charge is -2.18. The summed E-state index contributed by atoms with van der Waals surface area (Å²) in [7, 11) is 1.57. The molecule has 0 aromatic heterocycles. The molecule has 0 bridgehead atoms. The van der Waals surface area contributed by atoms with E-state index in [1.165, 1.54) is 0 Å². The molecule has 2 aromatic carbocycles. The Morgan fingerprint density at radius 1 is 1.10 bits per heavy atom. The summed E-state index contributed by atoms with van der Waals surface area (Å²) in [5.41, 5.74) is 1.32. The molecule has 0 spiro atoms. The van der Waals surface area contributed by atoms with Gasteiger partial charge < -0.3 is 25.0 Å². The summed E-state index contributed by atoms with van der Waals surface area (Å²) < 4.78 is 10.5. The first kappa shape index (κ1) is 22.1. The lowest BCUT2D eigenvalue weighted by Crippen LogP contribution is -2.44. The van der Waals surface area contributed by atoms with E-state index in [1.807, 2.05) is 6.92 Å². The summed E-state index contributed by atoms with van der Waals surface area (Å²) in [5.74, 6) is 0.103. The molecule has 2 aromatic rings. The first-order valence-electron chi connectivity index (χ1n) is 10.2. The number of hydrogen-bond acceptors (Lipinski definition) is 5. The first-order valence-corrected chi connectivity index (χ1v) is 10.2. The van der Waals surface area contributed by atoms with Crippen LogP contribution in [0.4, 0.5) is 11.4 Å². The van der Waals surface area contributed by atoms with Crippen molar-refractivity contribution in [3.63, 3.8) is 0 Å². The van der Waals surface area contributed by atoms with Crippen molar-refractivity contribution in [1.29, 1.82) is 0 Å². The molecule has 8 nitrogen and oxygen atoms in total. The van der Waals surface area contributed by atoms with Crippen molar-refractivity contribution in [3.8, 4) is 11.5 Å². The van der Waals surface area contributed by atoms with Gasteiger partial charge in [0.15, 0.2) is 0 Å². The number of ether oxygens (including phenoxy) is 2. The minimum Gasteiger partial charge on any atom is -0.497 e. The van der Waals surface area contributed by atoms with Crippen LogP contribution in [0.3, 0.4) is 0 Å². The zero-order valence-electron chi connectivity index (χ0n) is 17.9. The summed E-state index contributed by atoms with van der Waals surface area (Å²) in [6.45, 7) is 4.34. The topological polar surface area (TPSA) is 97.0 Å². The first-order chi connectivity index (χ1) is 14.9. The van der Waals surface area contributed by atoms with Crippen molar-refractivity contribution < 1.29 is 23.9 Å². The van der Waals surface area contributed by atoms with E-state index in [0.29, 0.717) is 29.5 Å². The average molecular weight is 425 g/mol. The Kier molecular flexibility index (Phi) is 7.12. The minimum absolute atomic E-state index is 0.102. The quantitative estimate of drug-likeness (QED) is 0.678. The highest BCUT2D eigenvalue weighted by Crippen LogP contribution is 2.27. The molecule has 164 valence electrons.